The molecule has 2 aliphatic rings. The zero-order valence-corrected chi connectivity index (χ0v) is 20.0. The largest absolute Gasteiger partial charge is 0.365 e. The summed E-state index contributed by atoms with van der Waals surface area (Å²) in [7, 11) is 0. The van der Waals surface area contributed by atoms with Crippen molar-refractivity contribution in [2.24, 2.45) is 5.73 Å². The van der Waals surface area contributed by atoms with Gasteiger partial charge in [-0.3, -0.25) is 9.59 Å². The van der Waals surface area contributed by atoms with E-state index in [-0.39, 0.29) is 10.9 Å². The predicted octanol–water partition coefficient (Wildman–Crippen LogP) is 3.58. The van der Waals surface area contributed by atoms with Crippen LogP contribution in [0, 0.1) is 0 Å². The summed E-state index contributed by atoms with van der Waals surface area (Å²) in [4.78, 5) is 34.1. The van der Waals surface area contributed by atoms with Gasteiger partial charge in [-0.25, -0.2) is 4.98 Å². The normalized spacial score (nSPS) is 15.7. The quantitative estimate of drug-likeness (QED) is 0.402. The summed E-state index contributed by atoms with van der Waals surface area (Å²) < 4.78 is 1.77. The lowest BCUT2D eigenvalue weighted by molar-refractivity contribution is 0.0999. The molecule has 8 nitrogen and oxygen atoms in total. The summed E-state index contributed by atoms with van der Waals surface area (Å²) in [5.41, 5.74) is 11.1. The van der Waals surface area contributed by atoms with Crippen LogP contribution in [0.5, 0.6) is 0 Å². The number of primary amides is 1. The number of piperidine rings is 1. The SMILES string of the molecule is NC(=O)c1cn(-c2ccc3c(c2)CCC3)c2nc(Nc3ccc(C4CCNCC4)cc3)ncc2c1=O. The maximum absolute atomic E-state index is 13.0. The number of carbonyl (C=O) groups excluding carboxylic acids is 1. The summed E-state index contributed by atoms with van der Waals surface area (Å²) in [6.07, 6.45) is 8.46. The molecule has 3 heterocycles. The number of benzene rings is 2. The van der Waals surface area contributed by atoms with Crippen molar-refractivity contribution < 1.29 is 4.79 Å². The molecule has 0 radical (unpaired) electrons. The van der Waals surface area contributed by atoms with E-state index < -0.39 is 11.3 Å². The molecule has 36 heavy (non-hydrogen) atoms. The number of hydrogen-bond acceptors (Lipinski definition) is 6. The number of fused-ring (bicyclic) bond motifs is 2. The third kappa shape index (κ3) is 4.13. The number of amides is 1. The van der Waals surface area contributed by atoms with Crippen LogP contribution in [-0.2, 0) is 12.8 Å². The van der Waals surface area contributed by atoms with E-state index >= 15 is 0 Å². The fraction of sp³-hybridized carbons (Fsp3) is 0.286. The first-order valence-corrected chi connectivity index (χ1v) is 12.5. The summed E-state index contributed by atoms with van der Waals surface area (Å²) >= 11 is 0. The van der Waals surface area contributed by atoms with Crippen LogP contribution in [0.1, 0.15) is 52.2 Å². The van der Waals surface area contributed by atoms with Crippen LogP contribution < -0.4 is 21.8 Å². The van der Waals surface area contributed by atoms with E-state index in [4.69, 9.17) is 10.7 Å². The number of anilines is 2. The first-order valence-electron chi connectivity index (χ1n) is 12.5. The van der Waals surface area contributed by atoms with Gasteiger partial charge < -0.3 is 20.9 Å². The van der Waals surface area contributed by atoms with Crippen LogP contribution in [0.4, 0.5) is 11.6 Å². The zero-order valence-electron chi connectivity index (χ0n) is 20.0. The van der Waals surface area contributed by atoms with Gasteiger partial charge in [0.05, 0.1) is 5.39 Å². The van der Waals surface area contributed by atoms with Crippen molar-refractivity contribution in [2.75, 3.05) is 18.4 Å². The molecule has 1 aliphatic carbocycles. The lowest BCUT2D eigenvalue weighted by Gasteiger charge is -2.23. The number of pyridine rings is 1. The third-order valence-electron chi connectivity index (χ3n) is 7.35. The molecule has 2 aromatic carbocycles. The Morgan fingerprint density at radius 1 is 1.06 bits per heavy atom. The van der Waals surface area contributed by atoms with Gasteiger partial charge in [0.1, 0.15) is 5.56 Å². The number of nitrogens with zero attached hydrogens (tertiary/aromatic N) is 3. The first kappa shape index (κ1) is 22.4. The molecule has 182 valence electrons. The number of hydrogen-bond donors (Lipinski definition) is 3. The average molecular weight is 481 g/mol. The Bertz CT molecular complexity index is 1520. The van der Waals surface area contributed by atoms with E-state index in [1.165, 1.54) is 29.1 Å². The van der Waals surface area contributed by atoms with Crippen LogP contribution in [0.15, 0.2) is 59.7 Å². The number of aryl methyl sites for hydroxylation is 2. The van der Waals surface area contributed by atoms with Crippen molar-refractivity contribution in [3.8, 4) is 5.69 Å². The van der Waals surface area contributed by atoms with Gasteiger partial charge in [-0.2, -0.15) is 4.98 Å². The second-order valence-electron chi connectivity index (χ2n) is 9.61. The van der Waals surface area contributed by atoms with Gasteiger partial charge >= 0.3 is 0 Å². The minimum absolute atomic E-state index is 0.0826. The second kappa shape index (κ2) is 9.20. The van der Waals surface area contributed by atoms with E-state index in [0.29, 0.717) is 17.5 Å². The molecule has 1 fully saturated rings. The summed E-state index contributed by atoms with van der Waals surface area (Å²) in [5, 5.41) is 6.92. The smallest absolute Gasteiger partial charge is 0.254 e. The Balaban J connectivity index is 1.38. The topological polar surface area (TPSA) is 115 Å². The highest BCUT2D eigenvalue weighted by atomic mass is 16.2. The van der Waals surface area contributed by atoms with Crippen LogP contribution in [0.25, 0.3) is 16.7 Å². The molecule has 4 aromatic rings. The van der Waals surface area contributed by atoms with Gasteiger partial charge in [0, 0.05) is 23.8 Å². The number of nitrogens with two attached hydrogens (primary N) is 1. The number of carbonyl (C=O) groups is 1. The third-order valence-corrected chi connectivity index (χ3v) is 7.35. The van der Waals surface area contributed by atoms with E-state index in [1.54, 1.807) is 4.57 Å². The van der Waals surface area contributed by atoms with Crippen LogP contribution in [0.2, 0.25) is 0 Å². The molecule has 0 saturated carbocycles. The number of nitrogens with one attached hydrogen (secondary N) is 2. The Labute approximate surface area is 208 Å². The van der Waals surface area contributed by atoms with Crippen molar-refractivity contribution in [3.63, 3.8) is 0 Å². The van der Waals surface area contributed by atoms with Crippen LogP contribution in [0.3, 0.4) is 0 Å². The van der Waals surface area contributed by atoms with Gasteiger partial charge in [0.25, 0.3) is 5.91 Å². The lowest BCUT2D eigenvalue weighted by Crippen LogP contribution is -2.26. The second-order valence-corrected chi connectivity index (χ2v) is 9.61. The van der Waals surface area contributed by atoms with Gasteiger partial charge in [-0.05, 0) is 92.1 Å². The van der Waals surface area contributed by atoms with Gasteiger partial charge in [0.15, 0.2) is 5.65 Å². The molecule has 4 N–H and O–H groups in total. The first-order chi connectivity index (χ1) is 17.6. The van der Waals surface area contributed by atoms with E-state index in [1.807, 2.05) is 18.2 Å². The molecular weight excluding hydrogens is 452 g/mol. The minimum atomic E-state index is -0.771. The van der Waals surface area contributed by atoms with Crippen molar-refractivity contribution in [1.29, 1.82) is 0 Å². The van der Waals surface area contributed by atoms with Crippen LogP contribution in [-0.4, -0.2) is 33.5 Å². The zero-order chi connectivity index (χ0) is 24.6. The summed E-state index contributed by atoms with van der Waals surface area (Å²) in [6.45, 7) is 2.11. The van der Waals surface area contributed by atoms with Crippen molar-refractivity contribution in [1.82, 2.24) is 19.9 Å². The summed E-state index contributed by atoms with van der Waals surface area (Å²) in [6, 6.07) is 14.6. The highest BCUT2D eigenvalue weighted by molar-refractivity contribution is 5.96. The predicted molar refractivity (Wildman–Crippen MR) is 140 cm³/mol. The lowest BCUT2D eigenvalue weighted by atomic mass is 9.90. The van der Waals surface area contributed by atoms with Crippen molar-refractivity contribution in [2.45, 2.75) is 38.0 Å². The molecule has 8 heteroatoms. The monoisotopic (exact) mass is 480 g/mol. The molecule has 1 saturated heterocycles. The number of aromatic nitrogens is 3. The van der Waals surface area contributed by atoms with E-state index in [9.17, 15) is 9.59 Å². The highest BCUT2D eigenvalue weighted by Gasteiger charge is 2.19. The molecule has 1 amide bonds. The van der Waals surface area contributed by atoms with Gasteiger partial charge in [-0.15, -0.1) is 0 Å². The molecule has 2 aromatic heterocycles. The molecular formula is C28H28N6O2. The number of rotatable bonds is 5. The maximum Gasteiger partial charge on any atom is 0.254 e. The highest BCUT2D eigenvalue weighted by Crippen LogP contribution is 2.28. The van der Waals surface area contributed by atoms with E-state index in [0.717, 1.165) is 56.6 Å². The molecule has 0 spiro atoms. The Morgan fingerprint density at radius 3 is 2.61 bits per heavy atom. The summed E-state index contributed by atoms with van der Waals surface area (Å²) in [5.74, 6) is 0.185. The van der Waals surface area contributed by atoms with Crippen LogP contribution >= 0.6 is 0 Å². The Kier molecular flexibility index (Phi) is 5.73. The van der Waals surface area contributed by atoms with E-state index in [2.05, 4.69) is 39.9 Å². The van der Waals surface area contributed by atoms with Gasteiger partial charge in [-0.1, -0.05) is 18.2 Å². The molecule has 0 bridgehead atoms. The fourth-order valence-electron chi connectivity index (χ4n) is 5.37. The maximum atomic E-state index is 13.0. The molecule has 0 atom stereocenters. The standard InChI is InChI=1S/C28H28N6O2/c29-26(36)24-16-34(22-9-6-17-2-1-3-20(17)14-22)27-23(25(24)35)15-31-28(33-27)32-21-7-4-18(5-8-21)19-10-12-30-13-11-19/h4-9,14-16,19,30H,1-3,10-13H2,(H2,29,36)(H,31,32,33). The fourth-order valence-corrected chi connectivity index (χ4v) is 5.37. The minimum Gasteiger partial charge on any atom is -0.365 e. The Hall–Kier alpha value is -4.04. The van der Waals surface area contributed by atoms with Crippen molar-refractivity contribution in [3.05, 3.63) is 87.3 Å². The molecule has 0 unspecified atom stereocenters. The molecule has 1 aliphatic heterocycles. The molecule has 6 rings (SSSR count). The van der Waals surface area contributed by atoms with Gasteiger partial charge in [0.2, 0.25) is 11.4 Å². The van der Waals surface area contributed by atoms with Crippen molar-refractivity contribution >= 4 is 28.6 Å². The average Bonchev–Trinajstić information content (AvgIpc) is 3.38. The Morgan fingerprint density at radius 2 is 1.83 bits per heavy atom.